The Morgan fingerprint density at radius 3 is 1.24 bits per heavy atom. The number of phosphoric acid groups is 1. The molecule has 0 aromatic rings. The Bertz CT molecular complexity index is 1370. The topological polar surface area (TPSA) is 105 Å². The monoisotopic (exact) mass is 1000 g/mol. The first-order valence-electron chi connectivity index (χ1n) is 29.3. The molecular formula is C61H114N2O6P+. The molecule has 0 saturated carbocycles. The summed E-state index contributed by atoms with van der Waals surface area (Å²) in [5.41, 5.74) is 0. The summed E-state index contributed by atoms with van der Waals surface area (Å²) < 4.78 is 23.7. The zero-order valence-electron chi connectivity index (χ0n) is 46.5. The lowest BCUT2D eigenvalue weighted by molar-refractivity contribution is -0.870. The van der Waals surface area contributed by atoms with Gasteiger partial charge in [-0.1, -0.05) is 241 Å². The number of amides is 1. The van der Waals surface area contributed by atoms with Gasteiger partial charge in [0.05, 0.1) is 39.9 Å². The van der Waals surface area contributed by atoms with E-state index >= 15 is 0 Å². The van der Waals surface area contributed by atoms with E-state index in [1.54, 1.807) is 6.08 Å². The molecule has 0 aromatic heterocycles. The highest BCUT2D eigenvalue weighted by atomic mass is 31.2. The molecule has 9 heteroatoms. The van der Waals surface area contributed by atoms with Crippen molar-refractivity contribution in [1.82, 2.24) is 5.32 Å². The number of carbonyl (C=O) groups is 1. The summed E-state index contributed by atoms with van der Waals surface area (Å²) in [6, 6.07) is -0.872. The van der Waals surface area contributed by atoms with Crippen molar-refractivity contribution in [3.8, 4) is 0 Å². The highest BCUT2D eigenvalue weighted by Gasteiger charge is 2.27. The number of hydrogen-bond donors (Lipinski definition) is 3. The summed E-state index contributed by atoms with van der Waals surface area (Å²) >= 11 is 0. The van der Waals surface area contributed by atoms with E-state index in [1.807, 2.05) is 27.2 Å². The lowest BCUT2D eigenvalue weighted by Crippen LogP contribution is -2.45. The number of hydrogen-bond acceptors (Lipinski definition) is 5. The van der Waals surface area contributed by atoms with Crippen LogP contribution in [0, 0.1) is 0 Å². The molecule has 0 aromatic carbocycles. The Morgan fingerprint density at radius 2 is 0.829 bits per heavy atom. The third-order valence-electron chi connectivity index (χ3n) is 12.9. The van der Waals surface area contributed by atoms with E-state index in [4.69, 9.17) is 9.05 Å². The maximum Gasteiger partial charge on any atom is 0.472 e. The van der Waals surface area contributed by atoms with Crippen LogP contribution in [0.15, 0.2) is 72.9 Å². The lowest BCUT2D eigenvalue weighted by atomic mass is 10.0. The number of quaternary nitrogens is 1. The number of nitrogens with one attached hydrogen (secondary N) is 1. The molecular weight excluding hydrogens is 888 g/mol. The summed E-state index contributed by atoms with van der Waals surface area (Å²) in [5.74, 6) is -0.191. The van der Waals surface area contributed by atoms with Gasteiger partial charge < -0.3 is 19.8 Å². The fourth-order valence-corrected chi connectivity index (χ4v) is 8.99. The quantitative estimate of drug-likeness (QED) is 0.0243. The van der Waals surface area contributed by atoms with Crippen molar-refractivity contribution < 1.29 is 32.9 Å². The predicted molar refractivity (Wildman–Crippen MR) is 304 cm³/mol. The number of aliphatic hydroxyl groups excluding tert-OH is 1. The maximum absolute atomic E-state index is 13.0. The summed E-state index contributed by atoms with van der Waals surface area (Å²) in [7, 11) is 1.54. The van der Waals surface area contributed by atoms with Crippen LogP contribution in [0.1, 0.15) is 258 Å². The van der Waals surface area contributed by atoms with Crippen molar-refractivity contribution >= 4 is 13.7 Å². The number of carbonyl (C=O) groups excluding carboxylic acids is 1. The number of nitrogens with zero attached hydrogens (tertiary/aromatic N) is 1. The first-order valence-corrected chi connectivity index (χ1v) is 30.8. The molecule has 0 saturated heterocycles. The Morgan fingerprint density at radius 1 is 0.486 bits per heavy atom. The van der Waals surface area contributed by atoms with E-state index in [-0.39, 0.29) is 19.1 Å². The molecule has 0 heterocycles. The van der Waals surface area contributed by atoms with Gasteiger partial charge in [-0.3, -0.25) is 13.8 Å². The van der Waals surface area contributed by atoms with E-state index in [0.717, 1.165) is 57.8 Å². The Hall–Kier alpha value is -2.06. The second kappa shape index (κ2) is 51.8. The fourth-order valence-electron chi connectivity index (χ4n) is 8.26. The molecule has 3 unspecified atom stereocenters. The molecule has 1 amide bonds. The van der Waals surface area contributed by atoms with Crippen LogP contribution in [0.4, 0.5) is 0 Å². The van der Waals surface area contributed by atoms with Crippen LogP contribution in [0.5, 0.6) is 0 Å². The van der Waals surface area contributed by atoms with Crippen molar-refractivity contribution in [2.24, 2.45) is 0 Å². The molecule has 0 bridgehead atoms. The normalized spacial score (nSPS) is 14.4. The minimum Gasteiger partial charge on any atom is -0.387 e. The van der Waals surface area contributed by atoms with Gasteiger partial charge in [-0.2, -0.15) is 0 Å². The first-order chi connectivity index (χ1) is 34.0. The summed E-state index contributed by atoms with van der Waals surface area (Å²) in [6.07, 6.45) is 71.5. The lowest BCUT2D eigenvalue weighted by Gasteiger charge is -2.25. The number of unbranched alkanes of at least 4 members (excludes halogenated alkanes) is 30. The van der Waals surface area contributed by atoms with Crippen molar-refractivity contribution in [3.63, 3.8) is 0 Å². The molecule has 0 fully saturated rings. The molecule has 0 rings (SSSR count). The van der Waals surface area contributed by atoms with Crippen LogP contribution in [-0.2, 0) is 18.4 Å². The minimum atomic E-state index is -4.36. The van der Waals surface area contributed by atoms with Crippen LogP contribution in [0.3, 0.4) is 0 Å². The number of aliphatic hydroxyl groups is 1. The number of likely N-dealkylation sites (N-methyl/N-ethyl adjacent to an activating group) is 1. The average molecular weight is 1000 g/mol. The average Bonchev–Trinajstić information content (AvgIpc) is 3.32. The Labute approximate surface area is 434 Å². The van der Waals surface area contributed by atoms with Gasteiger partial charge >= 0.3 is 7.82 Å². The molecule has 0 aliphatic carbocycles. The van der Waals surface area contributed by atoms with Crippen LogP contribution in [-0.4, -0.2) is 73.4 Å². The van der Waals surface area contributed by atoms with Crippen molar-refractivity contribution in [3.05, 3.63) is 72.9 Å². The van der Waals surface area contributed by atoms with Crippen molar-refractivity contribution in [2.75, 3.05) is 40.9 Å². The molecule has 3 N–H and O–H groups in total. The SMILES string of the molecule is CCCCCCC/C=C\C/C=C\C/C=C\CCCCCCCCCCCCCCCCCCC(=O)NC(COP(=O)(O)OCC[N+](C)(C)C)C(O)/C=C/CC/C=C/CC/C=C/CCCCCCCCC. The second-order valence-electron chi connectivity index (χ2n) is 21.0. The number of allylic oxidation sites excluding steroid dienone is 11. The van der Waals surface area contributed by atoms with Gasteiger partial charge in [0, 0.05) is 6.42 Å². The molecule has 0 spiro atoms. The smallest absolute Gasteiger partial charge is 0.387 e. The van der Waals surface area contributed by atoms with Crippen LogP contribution in [0.2, 0.25) is 0 Å². The van der Waals surface area contributed by atoms with Gasteiger partial charge in [-0.25, -0.2) is 4.57 Å². The predicted octanol–water partition coefficient (Wildman–Crippen LogP) is 17.9. The second-order valence-corrected chi connectivity index (χ2v) is 22.4. The van der Waals surface area contributed by atoms with E-state index in [9.17, 15) is 19.4 Å². The van der Waals surface area contributed by atoms with Gasteiger partial charge in [0.15, 0.2) is 0 Å². The summed E-state index contributed by atoms with van der Waals surface area (Å²) in [5, 5.41) is 13.9. The molecule has 0 aliphatic heterocycles. The summed E-state index contributed by atoms with van der Waals surface area (Å²) in [6.45, 7) is 4.78. The highest BCUT2D eigenvalue weighted by molar-refractivity contribution is 7.47. The van der Waals surface area contributed by atoms with Gasteiger partial charge in [0.2, 0.25) is 5.91 Å². The minimum absolute atomic E-state index is 0.0518. The van der Waals surface area contributed by atoms with Crippen LogP contribution >= 0.6 is 7.82 Å². The zero-order valence-corrected chi connectivity index (χ0v) is 47.4. The van der Waals surface area contributed by atoms with E-state index in [2.05, 4.69) is 79.9 Å². The van der Waals surface area contributed by atoms with E-state index in [1.165, 1.54) is 180 Å². The van der Waals surface area contributed by atoms with Crippen molar-refractivity contribution in [1.29, 1.82) is 0 Å². The van der Waals surface area contributed by atoms with Gasteiger partial charge in [-0.15, -0.1) is 0 Å². The van der Waals surface area contributed by atoms with E-state index < -0.39 is 20.0 Å². The fraction of sp³-hybridized carbons (Fsp3) is 0.787. The third-order valence-corrected chi connectivity index (χ3v) is 13.9. The van der Waals surface area contributed by atoms with Crippen molar-refractivity contribution in [2.45, 2.75) is 270 Å². The molecule has 3 atom stereocenters. The van der Waals surface area contributed by atoms with Gasteiger partial charge in [0.25, 0.3) is 0 Å². The third kappa shape index (κ3) is 53.7. The highest BCUT2D eigenvalue weighted by Crippen LogP contribution is 2.43. The standard InChI is InChI=1S/C61H113N2O6P/c1-6-8-10-12-14-16-18-20-22-24-25-26-27-28-29-30-31-32-33-34-35-36-37-39-41-43-45-47-49-51-53-55-61(65)62-59(58-69-70(66,67)68-57-56-63(3,4)5)60(64)54-52-50-48-46-44-42-40-38-23-21-19-17-15-13-11-9-7-2/h18,20,23-25,27-28,38,44,46,52,54,59-60,64H,6-17,19,21-22,26,29-37,39-43,45,47-51,53,55-58H2,1-5H3,(H-,62,65,66,67)/p+1/b20-18-,25-24-,28-27-,38-23+,46-44+,54-52+. The maximum atomic E-state index is 13.0. The van der Waals surface area contributed by atoms with E-state index in [0.29, 0.717) is 17.4 Å². The van der Waals surface area contributed by atoms with Gasteiger partial charge in [-0.05, 0) is 83.5 Å². The number of phosphoric ester groups is 1. The molecule has 70 heavy (non-hydrogen) atoms. The van der Waals surface area contributed by atoms with Gasteiger partial charge in [0.1, 0.15) is 13.2 Å². The molecule has 8 nitrogen and oxygen atoms in total. The zero-order chi connectivity index (χ0) is 51.3. The first kappa shape index (κ1) is 67.9. The molecule has 0 aliphatic rings. The largest absolute Gasteiger partial charge is 0.472 e. The molecule has 408 valence electrons. The van der Waals surface area contributed by atoms with Crippen LogP contribution in [0.25, 0.3) is 0 Å². The molecule has 0 radical (unpaired) electrons. The van der Waals surface area contributed by atoms with Crippen LogP contribution < -0.4 is 5.32 Å². The Balaban J connectivity index is 4.16. The summed E-state index contributed by atoms with van der Waals surface area (Å²) in [4.78, 5) is 23.3. The Kier molecular flexibility index (Phi) is 50.3. The number of rotatable bonds is 53.